The minimum absolute atomic E-state index is 0.208. The average Bonchev–Trinajstić information content (AvgIpc) is 0.696. The molecule has 0 saturated carbocycles. The van der Waals surface area contributed by atoms with Crippen LogP contribution in [0.5, 0.6) is 86.2 Å². The topological polar surface area (TPSA) is 92.3 Å². The fraction of sp³-hybridized carbons (Fsp3) is 0. The van der Waals surface area contributed by atoms with Gasteiger partial charge in [0, 0.05) is 49.5 Å². The Labute approximate surface area is 881 Å². The predicted octanol–water partition coefficient (Wildman–Crippen LogP) is 15.5. The molecule has 150 heavy (non-hydrogen) atoms. The molecule has 22 aromatic carbocycles. The summed E-state index contributed by atoms with van der Waals surface area (Å²) in [6.07, 6.45) is 0. The molecule has 0 spiro atoms. The smallest absolute Gasteiger partial charge is 0.434 e. The van der Waals surface area contributed by atoms with Crippen LogP contribution < -0.4 is 158 Å². The van der Waals surface area contributed by atoms with Crippen molar-refractivity contribution in [3.05, 3.63) is 516 Å². The van der Waals surface area contributed by atoms with E-state index in [1.165, 1.54) is 80.0 Å². The molecule has 10 aliphatic rings. The summed E-state index contributed by atoms with van der Waals surface area (Å²) in [5.41, 5.74) is 19.8. The minimum atomic E-state index is -3.18. The molecule has 32 rings (SSSR count). The standard InChI is InChI=1S/C48H30B2O4Si.C48H31BO4Si.C36H25BO2Si.In/c1-3-15-31(16-4-1)55(32-17-5-2-6-18-32,33-27-37-35-19-7-11-23-41(35)53-49-39-21-9-13-25-43(39)51-45(29-33)47(37)49)34-28-38-36-20-8-12-24-42(36)54-50-40-22-10-14-26-44(40)52-46(30-34)48(38)50;50-44-25-13-10-22-40(44)33-28-35(51-34-16-4-1-5-17-34)30-38(29-33)54(36-18-6-2-7-19-36,37-20-8-3-9-21-37)39-31-42-41-23-11-14-26-45(41)53-49-43-24-12-15-27-46(43)52-47(32-39)48(42)49;1-4-14-26(15-5-1)40(27-16-6-2-7-17-27,28-18-8-3-9-19-28)29-24-31-30-20-10-12-22-33(30)39-37-32-21-11-13-23-34(32)38-35(25-29)36(31)37;/h1-30H;1-16,18-27,29-32,50H;1-25H;/q;;;+1/p-1. The molecular formula is C132H85B4InO10Si3. The second kappa shape index (κ2) is 35.5. The van der Waals surface area contributed by atoms with Crippen molar-refractivity contribution < 1.29 is 45.2 Å². The number of rotatable bonds is 12. The van der Waals surface area contributed by atoms with Gasteiger partial charge in [0.25, 0.3) is 0 Å². The molecule has 0 N–H and O–H groups in total. The van der Waals surface area contributed by atoms with E-state index in [0.717, 1.165) is 174 Å². The van der Waals surface area contributed by atoms with E-state index in [-0.39, 0.29) is 27.7 Å². The van der Waals surface area contributed by atoms with E-state index < -0.39 is 46.1 Å². The molecule has 0 radical (unpaired) electrons. The van der Waals surface area contributed by atoms with Gasteiger partial charge in [0.05, 0.1) is 0 Å². The van der Waals surface area contributed by atoms with Crippen LogP contribution in [0.1, 0.15) is 0 Å². The molecule has 10 aliphatic heterocycles. The predicted molar refractivity (Wildman–Crippen MR) is 618 cm³/mol. The van der Waals surface area contributed by atoms with Gasteiger partial charge < -0.3 is 28.2 Å². The number of ether oxygens (including phenoxy) is 5. The summed E-state index contributed by atoms with van der Waals surface area (Å²) in [6, 6.07) is 185. The van der Waals surface area contributed by atoms with Crippen LogP contribution >= 0.6 is 0 Å². The molecule has 18 heteroatoms. The Morgan fingerprint density at radius 1 is 0.147 bits per heavy atom. The molecule has 0 bridgehead atoms. The Kier molecular flexibility index (Phi) is 20.8. The summed E-state index contributed by atoms with van der Waals surface area (Å²) >= 11 is -3.07. The van der Waals surface area contributed by atoms with E-state index in [9.17, 15) is 0 Å². The average molecular weight is 2070 g/mol. The second-order valence-electron chi connectivity index (χ2n) is 39.7. The third kappa shape index (κ3) is 13.7. The van der Waals surface area contributed by atoms with Gasteiger partial charge in [0.15, 0.2) is 16.1 Å². The monoisotopic (exact) mass is 2070 g/mol. The summed E-state index contributed by atoms with van der Waals surface area (Å²) in [6.45, 7) is -1.04. The van der Waals surface area contributed by atoms with Gasteiger partial charge >= 0.3 is 346 Å². The first-order chi connectivity index (χ1) is 74.3. The molecule has 0 aromatic heterocycles. The van der Waals surface area contributed by atoms with E-state index >= 15 is 0 Å². The molecule has 10 nitrogen and oxygen atoms in total. The Morgan fingerprint density at radius 2 is 0.347 bits per heavy atom. The van der Waals surface area contributed by atoms with Gasteiger partial charge in [-0.05, 0) is 113 Å². The zero-order chi connectivity index (χ0) is 98.7. The fourth-order valence-electron chi connectivity index (χ4n) is 25.4. The van der Waals surface area contributed by atoms with E-state index in [4.69, 9.17) is 45.2 Å². The number of benzene rings is 22. The normalized spacial score (nSPS) is 13.4. The fourth-order valence-corrected chi connectivity index (χ4v) is 47.4. The molecule has 0 unspecified atom stereocenters. The third-order valence-electron chi connectivity index (χ3n) is 31.9. The van der Waals surface area contributed by atoms with Crippen LogP contribution in [-0.4, -0.2) is 73.8 Å². The Balaban J connectivity index is 0.000000105. The van der Waals surface area contributed by atoms with Crippen LogP contribution in [0.4, 0.5) is 0 Å². The van der Waals surface area contributed by atoms with Gasteiger partial charge in [0.2, 0.25) is 0 Å². The van der Waals surface area contributed by atoms with Gasteiger partial charge in [-0.25, -0.2) is 0 Å². The number of hydrogen-bond acceptors (Lipinski definition) is 10. The Morgan fingerprint density at radius 3 is 0.627 bits per heavy atom. The summed E-state index contributed by atoms with van der Waals surface area (Å²) in [5, 5.41) is 15.3. The Bertz CT molecular complexity index is 8370. The third-order valence-corrected chi connectivity index (χ3v) is 53.6. The van der Waals surface area contributed by atoms with Crippen LogP contribution in [0.3, 0.4) is 0 Å². The van der Waals surface area contributed by atoms with Crippen LogP contribution in [0.2, 0.25) is 0 Å². The van der Waals surface area contributed by atoms with E-state index in [2.05, 4.69) is 473 Å². The molecule has 0 fully saturated rings. The first-order valence-corrected chi connectivity index (χ1v) is 61.9. The molecule has 0 saturated heterocycles. The molecular weight excluding hydrogens is 1990 g/mol. The summed E-state index contributed by atoms with van der Waals surface area (Å²) in [5.74, 6) is 13.1. The van der Waals surface area contributed by atoms with Crippen molar-refractivity contribution in [2.75, 3.05) is 0 Å². The van der Waals surface area contributed by atoms with Gasteiger partial charge in [-0.3, -0.25) is 0 Å². The Hall–Kier alpha value is -17.4. The molecule has 0 aliphatic carbocycles. The van der Waals surface area contributed by atoms with Crippen molar-refractivity contribution >= 4 is 186 Å². The SMILES string of the molecule is c1ccc([Si](c2ccccc2)(c2cc3c4c(c2)-c2ccccc2OB4c2ccccc2O3)c2cc3[c]4c(c2)-c2ccccc2[O][In]4[c]2ccccc2O3)cc1.c1ccc([Si](c2ccccc2)(c2cc3c4c(c2)-c2ccccc2OB4c2ccccc2O3)c2cc3c4c(c2)-c2ccccc2OB4c2ccccc2O3)cc1.c1ccc([Si](c2ccccc2)(c2ccccc2)c2cc3c4c(c2)-c2ccccc2OB4c2ccccc2O3)cc1. The van der Waals surface area contributed by atoms with Gasteiger partial charge in [-0.15, -0.1) is 0 Å². The summed E-state index contributed by atoms with van der Waals surface area (Å²) in [4.78, 5) is 0. The van der Waals surface area contributed by atoms with E-state index in [0.29, 0.717) is 0 Å². The number of hydrogen-bond donors (Lipinski definition) is 0. The maximum atomic E-state index is 7.03. The number of para-hydroxylation sites is 10. The van der Waals surface area contributed by atoms with E-state index in [1.54, 1.807) is 0 Å². The van der Waals surface area contributed by atoms with Gasteiger partial charge in [-0.2, -0.15) is 0 Å². The zero-order valence-corrected chi connectivity index (χ0v) is 87.3. The van der Waals surface area contributed by atoms with Crippen LogP contribution in [0.25, 0.3) is 55.6 Å². The van der Waals surface area contributed by atoms with Gasteiger partial charge in [-0.1, -0.05) is 285 Å². The zero-order valence-electron chi connectivity index (χ0n) is 81.0. The first-order valence-electron chi connectivity index (χ1n) is 51.3. The van der Waals surface area contributed by atoms with Crippen molar-refractivity contribution in [3.63, 3.8) is 0 Å². The number of fused-ring (bicyclic) bond motifs is 20. The largest absolute Gasteiger partial charge is 0.551 e. The van der Waals surface area contributed by atoms with Crippen LogP contribution in [0, 0.1) is 0 Å². The van der Waals surface area contributed by atoms with Crippen LogP contribution in [-0.2, 0) is 0 Å². The summed E-state index contributed by atoms with van der Waals surface area (Å²) in [7, 11) is -9.07. The molecule has 22 aromatic rings. The minimum Gasteiger partial charge on any atom is -0.551 e. The molecule has 10 heterocycles. The molecule has 700 valence electrons. The van der Waals surface area contributed by atoms with Crippen molar-refractivity contribution in [2.45, 2.75) is 0 Å². The maximum absolute atomic E-state index is 7.03. The summed E-state index contributed by atoms with van der Waals surface area (Å²) < 4.78 is 71.2. The van der Waals surface area contributed by atoms with Crippen LogP contribution in [0.15, 0.2) is 516 Å². The van der Waals surface area contributed by atoms with Crippen molar-refractivity contribution in [3.8, 4) is 142 Å². The molecule has 0 atom stereocenters. The van der Waals surface area contributed by atoms with Gasteiger partial charge in [0.1, 0.15) is 51.7 Å². The van der Waals surface area contributed by atoms with E-state index in [1.807, 2.05) is 42.5 Å². The quantitative estimate of drug-likeness (QED) is 0.0870. The second-order valence-corrected chi connectivity index (χ2v) is 57.4. The first kappa shape index (κ1) is 88.0. The van der Waals surface area contributed by atoms with Crippen molar-refractivity contribution in [1.82, 2.24) is 0 Å². The molecule has 0 amide bonds. The maximum Gasteiger partial charge on any atom is 0.434 e. The van der Waals surface area contributed by atoms with Crippen molar-refractivity contribution in [2.24, 2.45) is 0 Å². The van der Waals surface area contributed by atoms with Crippen molar-refractivity contribution in [1.29, 1.82) is 0 Å².